The van der Waals surface area contributed by atoms with Gasteiger partial charge in [0.2, 0.25) is 0 Å². The number of amides is 3. The van der Waals surface area contributed by atoms with E-state index in [0.717, 1.165) is 30.6 Å². The summed E-state index contributed by atoms with van der Waals surface area (Å²) in [5.41, 5.74) is 0. The maximum absolute atomic E-state index is 12.0. The molecule has 2 N–H and O–H groups in total. The van der Waals surface area contributed by atoms with Crippen LogP contribution >= 0.6 is 23.4 Å². The van der Waals surface area contributed by atoms with E-state index in [0.29, 0.717) is 5.02 Å². The summed E-state index contributed by atoms with van der Waals surface area (Å²) >= 11 is 7.25. The van der Waals surface area contributed by atoms with Crippen LogP contribution in [0.4, 0.5) is 4.79 Å². The zero-order valence-electron chi connectivity index (χ0n) is 14.6. The van der Waals surface area contributed by atoms with Crippen LogP contribution in [0.25, 0.3) is 0 Å². The first-order chi connectivity index (χ1) is 12.5. The number of hydrogen-bond acceptors (Lipinski definition) is 5. The highest BCUT2D eigenvalue weighted by atomic mass is 35.5. The molecule has 0 saturated heterocycles. The van der Waals surface area contributed by atoms with E-state index in [1.54, 1.807) is 18.2 Å². The number of imide groups is 1. The molecule has 1 saturated carbocycles. The Morgan fingerprint density at radius 3 is 2.62 bits per heavy atom. The number of urea groups is 1. The smallest absolute Gasteiger partial charge is 0.321 e. The van der Waals surface area contributed by atoms with Gasteiger partial charge >= 0.3 is 12.0 Å². The van der Waals surface area contributed by atoms with Crippen molar-refractivity contribution in [2.24, 2.45) is 0 Å². The van der Waals surface area contributed by atoms with Gasteiger partial charge in [0.1, 0.15) is 0 Å². The Morgan fingerprint density at radius 2 is 1.92 bits per heavy atom. The van der Waals surface area contributed by atoms with Crippen molar-refractivity contribution < 1.29 is 19.1 Å². The number of carbonyl (C=O) groups excluding carboxylic acids is 3. The number of carbonyl (C=O) groups is 3. The van der Waals surface area contributed by atoms with Crippen LogP contribution in [0.1, 0.15) is 39.0 Å². The van der Waals surface area contributed by atoms with Crippen LogP contribution in [0.3, 0.4) is 0 Å². The Balaban J connectivity index is 1.70. The second-order valence-corrected chi connectivity index (χ2v) is 7.57. The van der Waals surface area contributed by atoms with Gasteiger partial charge in [-0.2, -0.15) is 0 Å². The van der Waals surface area contributed by atoms with E-state index in [9.17, 15) is 14.4 Å². The van der Waals surface area contributed by atoms with Crippen molar-refractivity contribution in [3.8, 4) is 0 Å². The van der Waals surface area contributed by atoms with E-state index in [4.69, 9.17) is 16.3 Å². The topological polar surface area (TPSA) is 84.5 Å². The van der Waals surface area contributed by atoms with Gasteiger partial charge in [0.25, 0.3) is 5.91 Å². The number of nitrogens with one attached hydrogen (secondary N) is 2. The summed E-state index contributed by atoms with van der Waals surface area (Å²) in [6.45, 7) is 1.43. The van der Waals surface area contributed by atoms with Crippen LogP contribution < -0.4 is 10.6 Å². The van der Waals surface area contributed by atoms with Gasteiger partial charge in [-0.25, -0.2) is 4.79 Å². The summed E-state index contributed by atoms with van der Waals surface area (Å²) in [4.78, 5) is 36.5. The third kappa shape index (κ3) is 6.88. The van der Waals surface area contributed by atoms with Crippen molar-refractivity contribution in [2.75, 3.05) is 5.75 Å². The van der Waals surface area contributed by atoms with Crippen molar-refractivity contribution in [2.45, 2.75) is 56.1 Å². The highest BCUT2D eigenvalue weighted by Gasteiger charge is 2.22. The minimum atomic E-state index is -1.05. The van der Waals surface area contributed by atoms with Crippen molar-refractivity contribution in [3.63, 3.8) is 0 Å². The number of hydrogen-bond donors (Lipinski definition) is 2. The molecule has 0 aromatic heterocycles. The first kappa shape index (κ1) is 20.6. The van der Waals surface area contributed by atoms with Crippen LogP contribution in [0.5, 0.6) is 0 Å². The van der Waals surface area contributed by atoms with Crippen LogP contribution in [0.2, 0.25) is 5.02 Å². The van der Waals surface area contributed by atoms with Gasteiger partial charge in [0.05, 0.1) is 10.8 Å². The van der Waals surface area contributed by atoms with Gasteiger partial charge in [-0.05, 0) is 31.9 Å². The fourth-order valence-corrected chi connectivity index (χ4v) is 3.69. The lowest BCUT2D eigenvalue weighted by Gasteiger charge is -2.23. The average Bonchev–Trinajstić information content (AvgIpc) is 2.61. The van der Waals surface area contributed by atoms with Crippen LogP contribution in [-0.2, 0) is 14.3 Å². The molecular weight excluding hydrogens is 376 g/mol. The van der Waals surface area contributed by atoms with Gasteiger partial charge < -0.3 is 10.1 Å². The van der Waals surface area contributed by atoms with E-state index in [1.807, 2.05) is 6.07 Å². The van der Waals surface area contributed by atoms with E-state index < -0.39 is 24.0 Å². The predicted octanol–water partition coefficient (Wildman–Crippen LogP) is 3.52. The monoisotopic (exact) mass is 398 g/mol. The molecule has 0 aliphatic heterocycles. The Labute approximate surface area is 162 Å². The third-order valence-electron chi connectivity index (χ3n) is 4.04. The maximum atomic E-state index is 12.0. The molecule has 6 nitrogen and oxygen atoms in total. The molecule has 8 heteroatoms. The lowest BCUT2D eigenvalue weighted by atomic mass is 9.96. The third-order valence-corrected chi connectivity index (χ3v) is 5.53. The molecule has 2 rings (SSSR count). The second-order valence-electron chi connectivity index (χ2n) is 6.15. The Bertz CT molecular complexity index is 650. The summed E-state index contributed by atoms with van der Waals surface area (Å²) in [7, 11) is 0. The second kappa shape index (κ2) is 10.4. The lowest BCUT2D eigenvalue weighted by Crippen LogP contribution is -2.48. The van der Waals surface area contributed by atoms with Crippen molar-refractivity contribution >= 4 is 41.3 Å². The van der Waals surface area contributed by atoms with Gasteiger partial charge in [-0.1, -0.05) is 43.0 Å². The Kier molecular flexibility index (Phi) is 8.25. The number of esters is 1. The minimum Gasteiger partial charge on any atom is -0.452 e. The van der Waals surface area contributed by atoms with Gasteiger partial charge in [-0.15, -0.1) is 11.8 Å². The molecule has 0 radical (unpaired) electrons. The standard InChI is InChI=1S/C18H23ClN2O4S/c1-12(17(23)21-18(24)20-13-7-3-2-4-8-13)25-16(22)11-26-15-10-6-5-9-14(15)19/h5-6,9-10,12-13H,2-4,7-8,11H2,1H3,(H2,20,21,23,24). The fraction of sp³-hybridized carbons (Fsp3) is 0.500. The SMILES string of the molecule is CC(OC(=O)CSc1ccccc1Cl)C(=O)NC(=O)NC1CCCCC1. The maximum Gasteiger partial charge on any atom is 0.321 e. The Morgan fingerprint density at radius 1 is 1.23 bits per heavy atom. The minimum absolute atomic E-state index is 0.0234. The van der Waals surface area contributed by atoms with Crippen molar-refractivity contribution in [1.29, 1.82) is 0 Å². The molecular formula is C18H23ClN2O4S. The predicted molar refractivity (Wildman–Crippen MR) is 101 cm³/mol. The summed E-state index contributed by atoms with van der Waals surface area (Å²) in [5.74, 6) is -1.17. The summed E-state index contributed by atoms with van der Waals surface area (Å²) in [5, 5.41) is 5.55. The number of rotatable bonds is 6. The lowest BCUT2D eigenvalue weighted by molar-refractivity contribution is -0.151. The first-order valence-electron chi connectivity index (χ1n) is 8.64. The van der Waals surface area contributed by atoms with E-state index in [2.05, 4.69) is 10.6 Å². The zero-order valence-corrected chi connectivity index (χ0v) is 16.2. The number of benzene rings is 1. The fourth-order valence-electron chi connectivity index (χ4n) is 2.67. The molecule has 1 aromatic rings. The number of thioether (sulfide) groups is 1. The zero-order chi connectivity index (χ0) is 18.9. The first-order valence-corrected chi connectivity index (χ1v) is 10.00. The van der Waals surface area contributed by atoms with Crippen molar-refractivity contribution in [1.82, 2.24) is 10.6 Å². The number of ether oxygens (including phenoxy) is 1. The van der Waals surface area contributed by atoms with Gasteiger partial charge in [-0.3, -0.25) is 14.9 Å². The molecule has 1 unspecified atom stereocenters. The average molecular weight is 399 g/mol. The Hall–Kier alpha value is -1.73. The van der Waals surface area contributed by atoms with Crippen LogP contribution in [-0.4, -0.2) is 35.8 Å². The molecule has 0 spiro atoms. The molecule has 1 fully saturated rings. The van der Waals surface area contributed by atoms with Crippen LogP contribution in [0.15, 0.2) is 29.2 Å². The molecule has 142 valence electrons. The molecule has 26 heavy (non-hydrogen) atoms. The van der Waals surface area contributed by atoms with E-state index in [1.165, 1.54) is 25.1 Å². The summed E-state index contributed by atoms with van der Waals surface area (Å²) in [6.07, 6.45) is 4.13. The molecule has 1 aromatic carbocycles. The highest BCUT2D eigenvalue weighted by Crippen LogP contribution is 2.26. The largest absolute Gasteiger partial charge is 0.452 e. The molecule has 1 aliphatic rings. The normalized spacial score (nSPS) is 15.8. The quantitative estimate of drug-likeness (QED) is 0.565. The van der Waals surface area contributed by atoms with Gasteiger partial charge in [0.15, 0.2) is 6.10 Å². The molecule has 1 aliphatic carbocycles. The molecule has 0 bridgehead atoms. The number of halogens is 1. The van der Waals surface area contributed by atoms with Crippen molar-refractivity contribution in [3.05, 3.63) is 29.3 Å². The van der Waals surface area contributed by atoms with E-state index in [-0.39, 0.29) is 11.8 Å². The molecule has 0 heterocycles. The van der Waals surface area contributed by atoms with Gasteiger partial charge in [0, 0.05) is 10.9 Å². The molecule has 1 atom stereocenters. The summed E-state index contributed by atoms with van der Waals surface area (Å²) < 4.78 is 5.07. The molecule has 3 amide bonds. The van der Waals surface area contributed by atoms with Crippen LogP contribution in [0, 0.1) is 0 Å². The summed E-state index contributed by atoms with van der Waals surface area (Å²) in [6, 6.07) is 6.70. The van der Waals surface area contributed by atoms with E-state index >= 15 is 0 Å². The highest BCUT2D eigenvalue weighted by molar-refractivity contribution is 8.00.